The van der Waals surface area contributed by atoms with E-state index in [1.165, 1.54) is 11.9 Å². The third-order valence-electron chi connectivity index (χ3n) is 3.23. The zero-order valence-electron chi connectivity index (χ0n) is 10.7. The number of carbonyl (C=O) groups excluding carboxylic acids is 2. The molecule has 0 aromatic carbocycles. The molecule has 0 atom stereocenters. The van der Waals surface area contributed by atoms with E-state index in [9.17, 15) is 9.59 Å². The summed E-state index contributed by atoms with van der Waals surface area (Å²) in [6.45, 7) is 0.266. The summed E-state index contributed by atoms with van der Waals surface area (Å²) in [7, 11) is 1.45. The number of imide groups is 1. The van der Waals surface area contributed by atoms with Gasteiger partial charge in [-0.15, -0.1) is 0 Å². The van der Waals surface area contributed by atoms with Gasteiger partial charge in [0, 0.05) is 26.0 Å². The van der Waals surface area contributed by atoms with Crippen LogP contribution in [-0.2, 0) is 11.3 Å². The molecule has 7 nitrogen and oxygen atoms in total. The maximum atomic E-state index is 12.1. The molecule has 8 heteroatoms. The quantitative estimate of drug-likeness (QED) is 0.832. The molecule has 3 rings (SSSR count). The predicted octanol–water partition coefficient (Wildman–Crippen LogP) is 0.845. The van der Waals surface area contributed by atoms with E-state index in [2.05, 4.69) is 4.98 Å². The maximum absolute atomic E-state index is 12.1. The number of likely N-dealkylation sites (N-methyl/N-ethyl adjacent to an activating group) is 1. The average Bonchev–Trinajstić information content (AvgIpc) is 2.94. The van der Waals surface area contributed by atoms with E-state index in [4.69, 9.17) is 17.3 Å². The summed E-state index contributed by atoms with van der Waals surface area (Å²) in [5.41, 5.74) is 7.30. The van der Waals surface area contributed by atoms with Crippen molar-refractivity contribution in [1.29, 1.82) is 0 Å². The Labute approximate surface area is 119 Å². The van der Waals surface area contributed by atoms with Gasteiger partial charge in [-0.1, -0.05) is 11.6 Å². The Bertz CT molecular complexity index is 726. The Hall–Kier alpha value is -2.12. The monoisotopic (exact) mass is 293 g/mol. The fourth-order valence-electron chi connectivity index (χ4n) is 2.18. The van der Waals surface area contributed by atoms with Crippen LogP contribution in [0.25, 0.3) is 5.65 Å². The summed E-state index contributed by atoms with van der Waals surface area (Å²) in [5, 5.41) is 0.447. The summed E-state index contributed by atoms with van der Waals surface area (Å²) in [6.07, 6.45) is 3.43. The van der Waals surface area contributed by atoms with Crippen LogP contribution in [0.15, 0.2) is 18.5 Å². The number of anilines is 1. The Balaban J connectivity index is 2.18. The molecule has 2 N–H and O–H groups in total. The van der Waals surface area contributed by atoms with Gasteiger partial charge >= 0.3 is 6.03 Å². The summed E-state index contributed by atoms with van der Waals surface area (Å²) in [4.78, 5) is 30.5. The Morgan fingerprint density at radius 1 is 1.40 bits per heavy atom. The molecule has 1 aliphatic heterocycles. The maximum Gasteiger partial charge on any atom is 0.331 e. The van der Waals surface area contributed by atoms with Crippen molar-refractivity contribution >= 4 is 34.9 Å². The molecule has 3 heterocycles. The molecule has 0 spiro atoms. The van der Waals surface area contributed by atoms with E-state index >= 15 is 0 Å². The van der Waals surface area contributed by atoms with Crippen molar-refractivity contribution in [2.75, 3.05) is 18.5 Å². The first-order valence-electron chi connectivity index (χ1n) is 5.96. The minimum absolute atomic E-state index is 0.0177. The SMILES string of the molecule is CN1C(=O)CN(c2cc(Cl)cn3cc(CN)nc23)C1=O. The average molecular weight is 294 g/mol. The van der Waals surface area contributed by atoms with Gasteiger partial charge in [-0.3, -0.25) is 14.6 Å². The lowest BCUT2D eigenvalue weighted by Gasteiger charge is -2.15. The van der Waals surface area contributed by atoms with Crippen LogP contribution in [-0.4, -0.2) is 39.8 Å². The first-order valence-corrected chi connectivity index (χ1v) is 6.34. The summed E-state index contributed by atoms with van der Waals surface area (Å²) < 4.78 is 1.70. The van der Waals surface area contributed by atoms with Gasteiger partial charge in [0.15, 0.2) is 5.65 Å². The fourth-order valence-corrected chi connectivity index (χ4v) is 2.39. The van der Waals surface area contributed by atoms with Gasteiger partial charge in [0.25, 0.3) is 0 Å². The van der Waals surface area contributed by atoms with Crippen LogP contribution in [0.5, 0.6) is 0 Å². The molecule has 0 saturated carbocycles. The summed E-state index contributed by atoms with van der Waals surface area (Å²) in [6, 6.07) is 1.23. The van der Waals surface area contributed by atoms with Crippen LogP contribution in [0.2, 0.25) is 5.02 Å². The number of fused-ring (bicyclic) bond motifs is 1. The van der Waals surface area contributed by atoms with Crippen molar-refractivity contribution in [3.05, 3.63) is 29.2 Å². The molecule has 1 fully saturated rings. The predicted molar refractivity (Wildman–Crippen MR) is 73.6 cm³/mol. The molecular weight excluding hydrogens is 282 g/mol. The molecule has 2 aromatic heterocycles. The van der Waals surface area contributed by atoms with Gasteiger partial charge < -0.3 is 10.1 Å². The number of amides is 3. The highest BCUT2D eigenvalue weighted by Crippen LogP contribution is 2.28. The lowest BCUT2D eigenvalue weighted by atomic mass is 10.3. The second-order valence-corrected chi connectivity index (χ2v) is 4.97. The van der Waals surface area contributed by atoms with Crippen LogP contribution < -0.4 is 10.6 Å². The molecular formula is C12H12ClN5O2. The topological polar surface area (TPSA) is 83.9 Å². The van der Waals surface area contributed by atoms with E-state index in [-0.39, 0.29) is 19.0 Å². The second-order valence-electron chi connectivity index (χ2n) is 4.53. The number of pyridine rings is 1. The Morgan fingerprint density at radius 3 is 2.75 bits per heavy atom. The molecule has 0 unspecified atom stereocenters. The fraction of sp³-hybridized carbons (Fsp3) is 0.250. The van der Waals surface area contributed by atoms with Gasteiger partial charge in [-0.05, 0) is 6.07 Å². The zero-order valence-corrected chi connectivity index (χ0v) is 11.5. The molecule has 0 radical (unpaired) electrons. The number of urea groups is 1. The smallest absolute Gasteiger partial charge is 0.325 e. The molecule has 1 saturated heterocycles. The summed E-state index contributed by atoms with van der Waals surface area (Å²) >= 11 is 6.06. The summed E-state index contributed by atoms with van der Waals surface area (Å²) in [5.74, 6) is -0.265. The number of halogens is 1. The lowest BCUT2D eigenvalue weighted by molar-refractivity contribution is -0.123. The van der Waals surface area contributed by atoms with E-state index in [1.807, 2.05) is 0 Å². The largest absolute Gasteiger partial charge is 0.331 e. The van der Waals surface area contributed by atoms with Crippen molar-refractivity contribution in [1.82, 2.24) is 14.3 Å². The highest BCUT2D eigenvalue weighted by Gasteiger charge is 2.35. The third kappa shape index (κ3) is 1.83. The van der Waals surface area contributed by atoms with Crippen LogP contribution in [0.4, 0.5) is 10.5 Å². The van der Waals surface area contributed by atoms with E-state index in [1.54, 1.807) is 22.9 Å². The van der Waals surface area contributed by atoms with Gasteiger partial charge in [-0.25, -0.2) is 9.78 Å². The number of hydrogen-bond donors (Lipinski definition) is 1. The van der Waals surface area contributed by atoms with Crippen molar-refractivity contribution in [3.8, 4) is 0 Å². The number of nitrogens with two attached hydrogens (primary N) is 1. The number of aromatic nitrogens is 2. The van der Waals surface area contributed by atoms with E-state index in [0.29, 0.717) is 22.1 Å². The van der Waals surface area contributed by atoms with Crippen molar-refractivity contribution < 1.29 is 9.59 Å². The second kappa shape index (κ2) is 4.46. The number of carbonyl (C=O) groups is 2. The number of nitrogens with zero attached hydrogens (tertiary/aromatic N) is 4. The molecule has 1 aliphatic rings. The van der Waals surface area contributed by atoms with Crippen LogP contribution in [0, 0.1) is 0 Å². The first-order chi connectivity index (χ1) is 9.51. The normalized spacial score (nSPS) is 15.8. The number of hydrogen-bond acceptors (Lipinski definition) is 4. The Morgan fingerprint density at radius 2 is 2.15 bits per heavy atom. The van der Waals surface area contributed by atoms with Crippen molar-refractivity contribution in [3.63, 3.8) is 0 Å². The van der Waals surface area contributed by atoms with E-state index < -0.39 is 6.03 Å². The van der Waals surface area contributed by atoms with Gasteiger partial charge in [-0.2, -0.15) is 0 Å². The van der Waals surface area contributed by atoms with Crippen molar-refractivity contribution in [2.45, 2.75) is 6.54 Å². The highest BCUT2D eigenvalue weighted by molar-refractivity contribution is 6.31. The third-order valence-corrected chi connectivity index (χ3v) is 3.44. The zero-order chi connectivity index (χ0) is 14.4. The Kier molecular flexibility index (Phi) is 2.88. The number of rotatable bonds is 2. The van der Waals surface area contributed by atoms with Gasteiger partial charge in [0.2, 0.25) is 5.91 Å². The van der Waals surface area contributed by atoms with Crippen LogP contribution in [0.3, 0.4) is 0 Å². The molecule has 104 valence electrons. The lowest BCUT2D eigenvalue weighted by Crippen LogP contribution is -2.30. The van der Waals surface area contributed by atoms with Gasteiger partial charge in [0.1, 0.15) is 6.54 Å². The van der Waals surface area contributed by atoms with Gasteiger partial charge in [0.05, 0.1) is 16.4 Å². The molecule has 0 bridgehead atoms. The van der Waals surface area contributed by atoms with Crippen LogP contribution in [0.1, 0.15) is 5.69 Å². The minimum atomic E-state index is -0.392. The molecule has 2 aromatic rings. The first kappa shape index (κ1) is 12.9. The highest BCUT2D eigenvalue weighted by atomic mass is 35.5. The molecule has 0 aliphatic carbocycles. The minimum Gasteiger partial charge on any atom is -0.325 e. The number of imidazole rings is 1. The van der Waals surface area contributed by atoms with E-state index in [0.717, 1.165) is 4.90 Å². The molecule has 3 amide bonds. The molecule has 20 heavy (non-hydrogen) atoms. The van der Waals surface area contributed by atoms with Crippen molar-refractivity contribution in [2.24, 2.45) is 5.73 Å². The van der Waals surface area contributed by atoms with Crippen LogP contribution >= 0.6 is 11.6 Å². The standard InChI is InChI=1S/C12H12ClN5O2/c1-16-10(19)6-18(12(16)20)9-2-7(13)4-17-5-8(3-14)15-11(9)17/h2,4-5H,3,6,14H2,1H3.